The number of benzene rings is 1. The average Bonchev–Trinajstić information content (AvgIpc) is 2.47. The fraction of sp³-hybridized carbons (Fsp3) is 0.375. The fourth-order valence-electron chi connectivity index (χ4n) is 1.92. The number of nitrogens with zero attached hydrogens (tertiary/aromatic N) is 1. The Morgan fingerprint density at radius 2 is 1.90 bits per heavy atom. The van der Waals surface area contributed by atoms with Crippen LogP contribution in [0.25, 0.3) is 0 Å². The molecule has 0 aliphatic carbocycles. The van der Waals surface area contributed by atoms with Crippen LogP contribution in [0.4, 0.5) is 5.69 Å². The van der Waals surface area contributed by atoms with Crippen molar-refractivity contribution in [1.29, 1.82) is 5.26 Å². The van der Waals surface area contributed by atoms with Crippen molar-refractivity contribution in [3.05, 3.63) is 41.1 Å². The number of para-hydroxylation sites is 1. The van der Waals surface area contributed by atoms with Crippen LogP contribution in [0.5, 0.6) is 0 Å². The van der Waals surface area contributed by atoms with Crippen molar-refractivity contribution in [1.82, 2.24) is 0 Å². The van der Waals surface area contributed by atoms with Crippen molar-refractivity contribution in [2.45, 2.75) is 33.6 Å². The molecule has 0 atom stereocenters. The lowest BCUT2D eigenvalue weighted by Gasteiger charge is -2.13. The minimum atomic E-state index is -0.602. The molecule has 0 fully saturated rings. The number of nitrogens with one attached hydrogen (secondary N) is 1. The van der Waals surface area contributed by atoms with Gasteiger partial charge in [-0.15, -0.1) is 0 Å². The molecule has 0 aromatic heterocycles. The molecule has 106 valence electrons. The van der Waals surface area contributed by atoms with Crippen molar-refractivity contribution in [2.24, 2.45) is 0 Å². The average molecular weight is 272 g/mol. The Balaban J connectivity index is 3.03. The monoisotopic (exact) mass is 272 g/mol. The van der Waals surface area contributed by atoms with Crippen LogP contribution in [0.2, 0.25) is 0 Å². The molecule has 1 aromatic rings. The van der Waals surface area contributed by atoms with Gasteiger partial charge in [0.2, 0.25) is 0 Å². The van der Waals surface area contributed by atoms with Gasteiger partial charge >= 0.3 is 5.97 Å². The first-order chi connectivity index (χ1) is 9.67. The standard InChI is InChI=1S/C16H20N2O2/c1-4-12-8-7-9-13(5-2)15(12)18-11-14(10-17)16(19)20-6-3/h7-9,11,18H,4-6H2,1-3H3. The largest absolute Gasteiger partial charge is 0.462 e. The van der Waals surface area contributed by atoms with Crippen LogP contribution in [-0.4, -0.2) is 12.6 Å². The molecule has 1 rings (SSSR count). The molecule has 1 N–H and O–H groups in total. The van der Waals surface area contributed by atoms with Gasteiger partial charge in [0, 0.05) is 11.9 Å². The van der Waals surface area contributed by atoms with Gasteiger partial charge in [0.15, 0.2) is 5.57 Å². The zero-order valence-corrected chi connectivity index (χ0v) is 12.2. The van der Waals surface area contributed by atoms with Gasteiger partial charge in [-0.1, -0.05) is 32.0 Å². The molecule has 0 aliphatic rings. The van der Waals surface area contributed by atoms with E-state index in [9.17, 15) is 4.79 Å². The number of nitriles is 1. The summed E-state index contributed by atoms with van der Waals surface area (Å²) in [5.74, 6) is -0.602. The highest BCUT2D eigenvalue weighted by Crippen LogP contribution is 2.22. The van der Waals surface area contributed by atoms with Gasteiger partial charge in [-0.2, -0.15) is 5.26 Å². The van der Waals surface area contributed by atoms with Gasteiger partial charge in [0.1, 0.15) is 6.07 Å². The number of ether oxygens (including phenoxy) is 1. The molecule has 0 amide bonds. The highest BCUT2D eigenvalue weighted by atomic mass is 16.5. The Kier molecular flexibility index (Phi) is 6.31. The quantitative estimate of drug-likeness (QED) is 0.491. The molecule has 0 radical (unpaired) electrons. The molecule has 1 aromatic carbocycles. The molecule has 0 heterocycles. The Hall–Kier alpha value is -2.28. The van der Waals surface area contributed by atoms with Gasteiger partial charge in [-0.25, -0.2) is 4.79 Å². The van der Waals surface area contributed by atoms with E-state index in [2.05, 4.69) is 19.2 Å². The molecule has 0 unspecified atom stereocenters. The molecule has 4 nitrogen and oxygen atoms in total. The molecule has 0 saturated heterocycles. The highest BCUT2D eigenvalue weighted by molar-refractivity contribution is 5.93. The predicted molar refractivity (Wildman–Crippen MR) is 79.1 cm³/mol. The van der Waals surface area contributed by atoms with E-state index in [4.69, 9.17) is 10.00 Å². The normalized spacial score (nSPS) is 10.8. The third-order valence-corrected chi connectivity index (χ3v) is 2.98. The maximum Gasteiger partial charge on any atom is 0.350 e. The minimum Gasteiger partial charge on any atom is -0.462 e. The van der Waals surface area contributed by atoms with Crippen molar-refractivity contribution < 1.29 is 9.53 Å². The maximum absolute atomic E-state index is 11.6. The van der Waals surface area contributed by atoms with Crippen LogP contribution in [0.3, 0.4) is 0 Å². The molecular weight excluding hydrogens is 252 g/mol. The highest BCUT2D eigenvalue weighted by Gasteiger charge is 2.10. The van der Waals surface area contributed by atoms with Gasteiger partial charge < -0.3 is 10.1 Å². The number of hydrogen-bond acceptors (Lipinski definition) is 4. The Morgan fingerprint density at radius 3 is 2.35 bits per heavy atom. The summed E-state index contributed by atoms with van der Waals surface area (Å²) in [7, 11) is 0. The second-order valence-electron chi connectivity index (χ2n) is 4.19. The van der Waals surface area contributed by atoms with Crippen LogP contribution >= 0.6 is 0 Å². The number of rotatable bonds is 6. The summed E-state index contributed by atoms with van der Waals surface area (Å²) < 4.78 is 4.83. The zero-order chi connectivity index (χ0) is 15.0. The van der Waals surface area contributed by atoms with Crippen LogP contribution in [0.15, 0.2) is 30.0 Å². The van der Waals surface area contributed by atoms with Crippen molar-refractivity contribution in [3.63, 3.8) is 0 Å². The summed E-state index contributed by atoms with van der Waals surface area (Å²) in [5, 5.41) is 12.1. The molecule has 0 aliphatic heterocycles. The van der Waals surface area contributed by atoms with Gasteiger partial charge in [0.05, 0.1) is 6.61 Å². The van der Waals surface area contributed by atoms with E-state index >= 15 is 0 Å². The summed E-state index contributed by atoms with van der Waals surface area (Å²) in [6.45, 7) is 6.10. The minimum absolute atomic E-state index is 0.0280. The van der Waals surface area contributed by atoms with E-state index in [-0.39, 0.29) is 12.2 Å². The number of esters is 1. The Labute approximate surface area is 120 Å². The van der Waals surface area contributed by atoms with Gasteiger partial charge in [0.25, 0.3) is 0 Å². The second kappa shape index (κ2) is 8.00. The van der Waals surface area contributed by atoms with Crippen LogP contribution in [0, 0.1) is 11.3 Å². The maximum atomic E-state index is 11.6. The van der Waals surface area contributed by atoms with Crippen molar-refractivity contribution in [3.8, 4) is 6.07 Å². The van der Waals surface area contributed by atoms with E-state index in [1.165, 1.54) is 6.20 Å². The van der Waals surface area contributed by atoms with Crippen molar-refractivity contribution in [2.75, 3.05) is 11.9 Å². The number of carbonyl (C=O) groups excluding carboxylic acids is 1. The lowest BCUT2D eigenvalue weighted by atomic mass is 10.0. The first-order valence-corrected chi connectivity index (χ1v) is 6.82. The number of hydrogen-bond donors (Lipinski definition) is 1. The number of aryl methyl sites for hydroxylation is 2. The molecule has 4 heteroatoms. The Morgan fingerprint density at radius 1 is 1.30 bits per heavy atom. The smallest absolute Gasteiger partial charge is 0.350 e. The topological polar surface area (TPSA) is 62.1 Å². The second-order valence-corrected chi connectivity index (χ2v) is 4.19. The summed E-state index contributed by atoms with van der Waals surface area (Å²) in [6, 6.07) is 7.94. The SMILES string of the molecule is CCOC(=O)C(C#N)=CNc1c(CC)cccc1CC. The summed E-state index contributed by atoms with van der Waals surface area (Å²) in [6.07, 6.45) is 3.18. The molecular formula is C16H20N2O2. The molecule has 0 saturated carbocycles. The van der Waals surface area contributed by atoms with Crippen LogP contribution in [0.1, 0.15) is 31.9 Å². The summed E-state index contributed by atoms with van der Waals surface area (Å²) >= 11 is 0. The number of anilines is 1. The summed E-state index contributed by atoms with van der Waals surface area (Å²) in [4.78, 5) is 11.6. The predicted octanol–water partition coefficient (Wildman–Crippen LogP) is 3.19. The van der Waals surface area contributed by atoms with Crippen molar-refractivity contribution >= 4 is 11.7 Å². The van der Waals surface area contributed by atoms with E-state index in [1.807, 2.05) is 24.3 Å². The van der Waals surface area contributed by atoms with Crippen LogP contribution in [-0.2, 0) is 22.4 Å². The molecule has 20 heavy (non-hydrogen) atoms. The third-order valence-electron chi connectivity index (χ3n) is 2.98. The first-order valence-electron chi connectivity index (χ1n) is 6.82. The van der Waals surface area contributed by atoms with E-state index < -0.39 is 5.97 Å². The summed E-state index contributed by atoms with van der Waals surface area (Å²) in [5.41, 5.74) is 3.25. The zero-order valence-electron chi connectivity index (χ0n) is 12.2. The van der Waals surface area contributed by atoms with Gasteiger partial charge in [-0.05, 0) is 30.9 Å². The van der Waals surface area contributed by atoms with E-state index in [0.29, 0.717) is 0 Å². The number of carbonyl (C=O) groups is 1. The molecule has 0 spiro atoms. The fourth-order valence-corrected chi connectivity index (χ4v) is 1.92. The lowest BCUT2D eigenvalue weighted by molar-refractivity contribution is -0.138. The van der Waals surface area contributed by atoms with Gasteiger partial charge in [-0.3, -0.25) is 0 Å². The Bertz CT molecular complexity index is 520. The first kappa shape index (κ1) is 15.8. The third kappa shape index (κ3) is 3.86. The van der Waals surface area contributed by atoms with Crippen LogP contribution < -0.4 is 5.32 Å². The molecule has 0 bridgehead atoms. The van der Waals surface area contributed by atoms with E-state index in [0.717, 1.165) is 29.7 Å². The lowest BCUT2D eigenvalue weighted by Crippen LogP contribution is -2.08. The van der Waals surface area contributed by atoms with E-state index in [1.54, 1.807) is 6.92 Å².